The van der Waals surface area contributed by atoms with E-state index in [4.69, 9.17) is 5.11 Å². The van der Waals surface area contributed by atoms with Gasteiger partial charge in [0, 0.05) is 12.8 Å². The van der Waals surface area contributed by atoms with Crippen molar-refractivity contribution in [2.45, 2.75) is 26.3 Å². The lowest BCUT2D eigenvalue weighted by Gasteiger charge is -2.22. The molecule has 1 aromatic rings. The van der Waals surface area contributed by atoms with E-state index in [0.717, 1.165) is 11.1 Å². The molecule has 1 aliphatic rings. The van der Waals surface area contributed by atoms with E-state index in [2.05, 4.69) is 5.10 Å². The summed E-state index contributed by atoms with van der Waals surface area (Å²) in [5.74, 6) is -1.20. The fourth-order valence-corrected chi connectivity index (χ4v) is 1.75. The molecule has 0 fully saturated rings. The maximum Gasteiger partial charge on any atom is 0.352 e. The van der Waals surface area contributed by atoms with Gasteiger partial charge in [-0.15, -0.1) is 0 Å². The van der Waals surface area contributed by atoms with Crippen LogP contribution in [0.1, 0.15) is 24.0 Å². The van der Waals surface area contributed by atoms with Crippen LogP contribution in [0.4, 0.5) is 0 Å². The third-order valence-electron chi connectivity index (χ3n) is 2.80. The largest absolute Gasteiger partial charge is 0.477 e. The van der Waals surface area contributed by atoms with Gasteiger partial charge in [-0.05, 0) is 12.5 Å². The van der Waals surface area contributed by atoms with Crippen molar-refractivity contribution in [3.05, 3.63) is 35.4 Å². The molecular weight excluding hydrogens is 232 g/mol. The smallest absolute Gasteiger partial charge is 0.352 e. The SMILES string of the molecule is Cc1ccc(CN2N=C(C(=O)O)CCC2=O)cc1. The van der Waals surface area contributed by atoms with Crippen molar-refractivity contribution in [2.24, 2.45) is 5.10 Å². The van der Waals surface area contributed by atoms with Crippen LogP contribution in [0.3, 0.4) is 0 Å². The summed E-state index contributed by atoms with van der Waals surface area (Å²) in [4.78, 5) is 22.5. The van der Waals surface area contributed by atoms with E-state index in [9.17, 15) is 9.59 Å². The first-order valence-electron chi connectivity index (χ1n) is 5.73. The Bertz CT molecular complexity index is 505. The summed E-state index contributed by atoms with van der Waals surface area (Å²) in [6.45, 7) is 2.30. The molecule has 0 saturated carbocycles. The highest BCUT2D eigenvalue weighted by molar-refractivity contribution is 6.36. The predicted octanol–water partition coefficient (Wildman–Crippen LogP) is 1.56. The number of carbonyl (C=O) groups excluding carboxylic acids is 1. The minimum Gasteiger partial charge on any atom is -0.477 e. The van der Waals surface area contributed by atoms with Crippen LogP contribution in [0.2, 0.25) is 0 Å². The molecule has 0 atom stereocenters. The van der Waals surface area contributed by atoms with Crippen LogP contribution < -0.4 is 0 Å². The molecule has 1 aliphatic heterocycles. The highest BCUT2D eigenvalue weighted by Crippen LogP contribution is 2.14. The Kier molecular flexibility index (Phi) is 3.41. The van der Waals surface area contributed by atoms with E-state index >= 15 is 0 Å². The number of benzene rings is 1. The number of carboxylic acids is 1. The molecule has 5 nitrogen and oxygen atoms in total. The van der Waals surface area contributed by atoms with E-state index in [1.54, 1.807) is 0 Å². The molecule has 0 spiro atoms. The molecule has 0 saturated heterocycles. The van der Waals surface area contributed by atoms with E-state index in [-0.39, 0.29) is 24.5 Å². The Balaban J connectivity index is 2.16. The summed E-state index contributed by atoms with van der Waals surface area (Å²) in [6.07, 6.45) is 0.412. The first-order chi connectivity index (χ1) is 8.56. The lowest BCUT2D eigenvalue weighted by molar-refractivity contribution is -0.133. The third-order valence-corrected chi connectivity index (χ3v) is 2.80. The van der Waals surface area contributed by atoms with Crippen molar-refractivity contribution in [1.82, 2.24) is 5.01 Å². The van der Waals surface area contributed by atoms with Crippen molar-refractivity contribution >= 4 is 17.6 Å². The molecule has 0 aromatic heterocycles. The van der Waals surface area contributed by atoms with E-state index in [1.807, 2.05) is 31.2 Å². The summed E-state index contributed by atoms with van der Waals surface area (Å²) in [6, 6.07) is 7.72. The maximum absolute atomic E-state index is 11.7. The van der Waals surface area contributed by atoms with Crippen LogP contribution >= 0.6 is 0 Å². The number of aliphatic carboxylic acids is 1. The zero-order valence-corrected chi connectivity index (χ0v) is 10.1. The fourth-order valence-electron chi connectivity index (χ4n) is 1.75. The number of rotatable bonds is 3. The summed E-state index contributed by atoms with van der Waals surface area (Å²) in [5.41, 5.74) is 2.12. The van der Waals surface area contributed by atoms with Crippen LogP contribution in [0, 0.1) is 6.92 Å². The summed E-state index contributed by atoms with van der Waals surface area (Å²) < 4.78 is 0. The van der Waals surface area contributed by atoms with Crippen LogP contribution in [-0.2, 0) is 16.1 Å². The van der Waals surface area contributed by atoms with Gasteiger partial charge in [-0.25, -0.2) is 9.80 Å². The van der Waals surface area contributed by atoms with Crippen LogP contribution in [0.5, 0.6) is 0 Å². The summed E-state index contributed by atoms with van der Waals surface area (Å²) in [5, 5.41) is 14.0. The average Bonchev–Trinajstić information content (AvgIpc) is 2.34. The Morgan fingerprint density at radius 2 is 2.00 bits per heavy atom. The molecule has 18 heavy (non-hydrogen) atoms. The lowest BCUT2D eigenvalue weighted by Crippen LogP contribution is -2.33. The summed E-state index contributed by atoms with van der Waals surface area (Å²) in [7, 11) is 0. The highest BCUT2D eigenvalue weighted by atomic mass is 16.4. The van der Waals surface area contributed by atoms with Crippen molar-refractivity contribution < 1.29 is 14.7 Å². The minimum absolute atomic E-state index is 0.0433. The predicted molar refractivity (Wildman–Crippen MR) is 66.0 cm³/mol. The lowest BCUT2D eigenvalue weighted by atomic mass is 10.1. The molecule has 0 aliphatic carbocycles. The second-order valence-electron chi connectivity index (χ2n) is 4.29. The Labute approximate surface area is 105 Å². The first kappa shape index (κ1) is 12.3. The average molecular weight is 246 g/mol. The van der Waals surface area contributed by atoms with Gasteiger partial charge in [0.05, 0.1) is 6.54 Å². The van der Waals surface area contributed by atoms with Crippen molar-refractivity contribution in [3.8, 4) is 0 Å². The van der Waals surface area contributed by atoms with Gasteiger partial charge >= 0.3 is 5.97 Å². The van der Waals surface area contributed by atoms with Gasteiger partial charge in [0.1, 0.15) is 5.71 Å². The molecule has 0 radical (unpaired) electrons. The van der Waals surface area contributed by atoms with Crippen LogP contribution in [-0.4, -0.2) is 27.7 Å². The van der Waals surface area contributed by atoms with Crippen LogP contribution in [0.15, 0.2) is 29.4 Å². The zero-order valence-electron chi connectivity index (χ0n) is 10.1. The number of carbonyl (C=O) groups is 2. The standard InChI is InChI=1S/C13H14N2O3/c1-9-2-4-10(5-3-9)8-15-12(16)7-6-11(14-15)13(17)18/h2-5H,6-8H2,1H3,(H,17,18). The first-order valence-corrected chi connectivity index (χ1v) is 5.73. The zero-order chi connectivity index (χ0) is 13.1. The van der Waals surface area contributed by atoms with Crippen molar-refractivity contribution in [2.75, 3.05) is 0 Å². The Morgan fingerprint density at radius 1 is 1.33 bits per heavy atom. The molecule has 0 bridgehead atoms. The number of carboxylic acid groups (broad SMARTS) is 1. The fraction of sp³-hybridized carbons (Fsp3) is 0.308. The molecule has 0 unspecified atom stereocenters. The number of hydrogen-bond acceptors (Lipinski definition) is 3. The molecular formula is C13H14N2O3. The third kappa shape index (κ3) is 2.74. The molecule has 1 amide bonds. The van der Waals surface area contributed by atoms with Gasteiger partial charge in [-0.3, -0.25) is 4.79 Å². The maximum atomic E-state index is 11.7. The Hall–Kier alpha value is -2.17. The summed E-state index contributed by atoms with van der Waals surface area (Å²) >= 11 is 0. The van der Waals surface area contributed by atoms with Crippen molar-refractivity contribution in [1.29, 1.82) is 0 Å². The molecule has 1 heterocycles. The second-order valence-corrected chi connectivity index (χ2v) is 4.29. The van der Waals surface area contributed by atoms with Gasteiger partial charge in [-0.2, -0.15) is 5.10 Å². The quantitative estimate of drug-likeness (QED) is 0.879. The van der Waals surface area contributed by atoms with Crippen molar-refractivity contribution in [3.63, 3.8) is 0 Å². The molecule has 94 valence electrons. The van der Waals surface area contributed by atoms with Gasteiger partial charge in [0.15, 0.2) is 0 Å². The van der Waals surface area contributed by atoms with Gasteiger partial charge in [0.25, 0.3) is 0 Å². The number of hydrazone groups is 1. The second kappa shape index (κ2) is 5.00. The Morgan fingerprint density at radius 3 is 2.61 bits per heavy atom. The highest BCUT2D eigenvalue weighted by Gasteiger charge is 2.23. The van der Waals surface area contributed by atoms with Crippen LogP contribution in [0.25, 0.3) is 0 Å². The molecule has 1 aromatic carbocycles. The number of amides is 1. The topological polar surface area (TPSA) is 70.0 Å². The monoisotopic (exact) mass is 246 g/mol. The van der Waals surface area contributed by atoms with E-state index in [0.29, 0.717) is 6.54 Å². The number of nitrogens with zero attached hydrogens (tertiary/aromatic N) is 2. The molecule has 1 N–H and O–H groups in total. The van der Waals surface area contributed by atoms with E-state index < -0.39 is 5.97 Å². The van der Waals surface area contributed by atoms with Gasteiger partial charge in [0.2, 0.25) is 5.91 Å². The minimum atomic E-state index is -1.06. The normalized spacial score (nSPS) is 15.5. The number of hydrogen-bond donors (Lipinski definition) is 1. The number of aryl methyl sites for hydroxylation is 1. The molecule has 2 rings (SSSR count). The van der Waals surface area contributed by atoms with Gasteiger partial charge < -0.3 is 5.11 Å². The van der Waals surface area contributed by atoms with E-state index in [1.165, 1.54) is 5.01 Å². The molecule has 5 heteroatoms. The van der Waals surface area contributed by atoms with Gasteiger partial charge in [-0.1, -0.05) is 29.8 Å².